The highest BCUT2D eigenvalue weighted by Crippen LogP contribution is 2.59. The second-order valence-electron chi connectivity index (χ2n) is 15.6. The number of hydrogen-bond donors (Lipinski definition) is 0. The van der Waals surface area contributed by atoms with Crippen LogP contribution < -0.4 is 0 Å². The van der Waals surface area contributed by atoms with Crippen LogP contribution in [0.2, 0.25) is 54.4 Å². The van der Waals surface area contributed by atoms with Gasteiger partial charge in [0.1, 0.15) is 0 Å². The number of carbonyl (C=O) groups excluding carboxylic acids is 1. The molecule has 1 aromatic rings. The quantitative estimate of drug-likeness (QED) is 0.361. The van der Waals surface area contributed by atoms with Crippen molar-refractivity contribution in [2.45, 2.75) is 117 Å². The monoisotopic (exact) mass is 522 g/mol. The zero-order valence-corrected chi connectivity index (χ0v) is 28.3. The van der Waals surface area contributed by atoms with Gasteiger partial charge in [0.05, 0.1) is 24.2 Å². The van der Waals surface area contributed by atoms with Crippen LogP contribution in [-0.4, -0.2) is 30.0 Å². The summed E-state index contributed by atoms with van der Waals surface area (Å²) in [6.07, 6.45) is 2.22. The van der Waals surface area contributed by atoms with Crippen LogP contribution in [0.1, 0.15) is 73.4 Å². The fourth-order valence-electron chi connectivity index (χ4n) is 5.14. The summed E-state index contributed by atoms with van der Waals surface area (Å²) >= 11 is 0. The lowest BCUT2D eigenvalue weighted by molar-refractivity contribution is -0.111. The SMILES string of the molecule is CC(C)(C)[Si](C)(C)C1=C2C(=Cc3ccccc32)C(=O)C([Si](C)(C)C(C)(C)C)=C1[Si](C)(C)C(C)(C)C. The van der Waals surface area contributed by atoms with E-state index in [0.29, 0.717) is 5.78 Å². The second kappa shape index (κ2) is 8.13. The van der Waals surface area contributed by atoms with Crippen LogP contribution in [0.3, 0.4) is 0 Å². The fraction of sp³-hybridized carbons (Fsp3) is 0.581. The van der Waals surface area contributed by atoms with Crippen LogP contribution in [0.15, 0.2) is 45.4 Å². The number of allylic oxidation sites excluding steroid dienone is 5. The smallest absolute Gasteiger partial charge is 0.185 e. The topological polar surface area (TPSA) is 17.1 Å². The minimum Gasteiger partial charge on any atom is -0.289 e. The van der Waals surface area contributed by atoms with Crippen molar-refractivity contribution < 1.29 is 4.79 Å². The Balaban J connectivity index is 2.69. The van der Waals surface area contributed by atoms with Crippen LogP contribution >= 0.6 is 0 Å². The van der Waals surface area contributed by atoms with Gasteiger partial charge in [-0.15, -0.1) is 0 Å². The van der Waals surface area contributed by atoms with E-state index in [1.807, 2.05) is 0 Å². The molecule has 192 valence electrons. The molecule has 0 spiro atoms. The Kier molecular flexibility index (Phi) is 6.58. The first-order chi connectivity index (χ1) is 15.5. The van der Waals surface area contributed by atoms with E-state index < -0.39 is 24.2 Å². The van der Waals surface area contributed by atoms with Crippen molar-refractivity contribution in [3.63, 3.8) is 0 Å². The average molecular weight is 523 g/mol. The molecule has 0 heterocycles. The van der Waals surface area contributed by atoms with E-state index in [1.165, 1.54) is 27.1 Å². The van der Waals surface area contributed by atoms with Gasteiger partial charge in [-0.25, -0.2) is 0 Å². The van der Waals surface area contributed by atoms with Gasteiger partial charge in [-0.1, -0.05) is 136 Å². The molecule has 0 fully saturated rings. The number of benzene rings is 1. The molecule has 4 heteroatoms. The van der Waals surface area contributed by atoms with E-state index in [4.69, 9.17) is 0 Å². The van der Waals surface area contributed by atoms with Gasteiger partial charge < -0.3 is 0 Å². The number of hydrogen-bond acceptors (Lipinski definition) is 1. The number of rotatable bonds is 3. The summed E-state index contributed by atoms with van der Waals surface area (Å²) in [7, 11) is -6.27. The molecule has 0 bridgehead atoms. The molecule has 1 nitrogen and oxygen atoms in total. The summed E-state index contributed by atoms with van der Waals surface area (Å²) in [6, 6.07) is 8.72. The van der Waals surface area contributed by atoms with E-state index in [-0.39, 0.29) is 15.1 Å². The standard InChI is InChI=1S/C31H50OSi3/c1-29(2,3)33(10,11)26-24-22-19-17-16-18-21(22)20-23(24)25(32)27(34(12,13)30(4,5)6)28(26)35(14,15)31(7,8)9/h16-20H,1-15H3. The van der Waals surface area contributed by atoms with Gasteiger partial charge in [0.25, 0.3) is 0 Å². The van der Waals surface area contributed by atoms with Gasteiger partial charge in [-0.05, 0) is 43.1 Å². The normalized spacial score (nSPS) is 18.1. The second-order valence-corrected chi connectivity index (χ2v) is 31.3. The Bertz CT molecular complexity index is 1170. The van der Waals surface area contributed by atoms with Gasteiger partial charge in [-0.3, -0.25) is 4.79 Å². The molecule has 0 aromatic heterocycles. The number of fused-ring (bicyclic) bond motifs is 3. The van der Waals surface area contributed by atoms with Crippen molar-refractivity contribution in [3.05, 3.63) is 56.6 Å². The van der Waals surface area contributed by atoms with Crippen molar-refractivity contribution in [2.75, 3.05) is 0 Å². The summed E-state index contributed by atoms with van der Waals surface area (Å²) in [5, 5.41) is 4.80. The van der Waals surface area contributed by atoms with Crippen LogP contribution in [0.5, 0.6) is 0 Å². The van der Waals surface area contributed by atoms with E-state index in [9.17, 15) is 4.79 Å². The molecular formula is C31H50OSi3. The molecule has 35 heavy (non-hydrogen) atoms. The fourth-order valence-corrected chi connectivity index (χ4v) is 15.9. The lowest BCUT2D eigenvalue weighted by atomic mass is 9.95. The van der Waals surface area contributed by atoms with E-state index in [2.05, 4.69) is 132 Å². The van der Waals surface area contributed by atoms with Crippen LogP contribution in [0.4, 0.5) is 0 Å². The minimum atomic E-state index is -2.15. The molecule has 0 amide bonds. The summed E-state index contributed by atoms with van der Waals surface area (Å²) in [5.41, 5.74) is 4.77. The van der Waals surface area contributed by atoms with E-state index in [0.717, 1.165) is 5.57 Å². The first kappa shape index (κ1) is 28.3. The molecule has 0 radical (unpaired) electrons. The molecule has 3 rings (SSSR count). The molecule has 2 aliphatic carbocycles. The van der Waals surface area contributed by atoms with Gasteiger partial charge in [0.15, 0.2) is 5.78 Å². The predicted octanol–water partition coefficient (Wildman–Crippen LogP) is 9.86. The van der Waals surface area contributed by atoms with Crippen molar-refractivity contribution in [1.82, 2.24) is 0 Å². The molecule has 0 atom stereocenters. The zero-order valence-electron chi connectivity index (χ0n) is 25.3. The van der Waals surface area contributed by atoms with Crippen molar-refractivity contribution in [3.8, 4) is 0 Å². The van der Waals surface area contributed by atoms with Crippen LogP contribution in [-0.2, 0) is 4.79 Å². The summed E-state index contributed by atoms with van der Waals surface area (Å²) < 4.78 is 0. The Morgan fingerprint density at radius 1 is 0.571 bits per heavy atom. The summed E-state index contributed by atoms with van der Waals surface area (Å²) in [5.74, 6) is 0.338. The number of carbonyl (C=O) groups is 1. The molecule has 0 saturated carbocycles. The predicted molar refractivity (Wildman–Crippen MR) is 165 cm³/mol. The van der Waals surface area contributed by atoms with Crippen molar-refractivity contribution in [1.29, 1.82) is 0 Å². The highest BCUT2D eigenvalue weighted by molar-refractivity contribution is 7.01. The molecular weight excluding hydrogens is 473 g/mol. The number of Topliss-reactive ketones (excluding diaryl/α,β-unsaturated/α-hetero) is 1. The lowest BCUT2D eigenvalue weighted by Crippen LogP contribution is -2.55. The third kappa shape index (κ3) is 4.12. The maximum atomic E-state index is 14.8. The largest absolute Gasteiger partial charge is 0.289 e. The first-order valence-corrected chi connectivity index (χ1v) is 22.4. The highest BCUT2D eigenvalue weighted by atomic mass is 28.3. The average Bonchev–Trinajstić information content (AvgIpc) is 3.04. The number of ketones is 1. The van der Waals surface area contributed by atoms with Gasteiger partial charge in [-0.2, -0.15) is 0 Å². The Labute approximate surface area is 219 Å². The lowest BCUT2D eigenvalue weighted by Gasteiger charge is -2.52. The zero-order chi connectivity index (χ0) is 27.2. The molecule has 0 N–H and O–H groups in total. The van der Waals surface area contributed by atoms with E-state index in [1.54, 1.807) is 5.20 Å². The van der Waals surface area contributed by atoms with E-state index >= 15 is 0 Å². The van der Waals surface area contributed by atoms with Gasteiger partial charge in [0.2, 0.25) is 0 Å². The molecule has 0 saturated heterocycles. The van der Waals surface area contributed by atoms with Crippen LogP contribution in [0, 0.1) is 0 Å². The van der Waals surface area contributed by atoms with Gasteiger partial charge >= 0.3 is 0 Å². The maximum absolute atomic E-state index is 14.8. The van der Waals surface area contributed by atoms with Crippen LogP contribution in [0.25, 0.3) is 11.6 Å². The molecule has 1 aromatic carbocycles. The summed E-state index contributed by atoms with van der Waals surface area (Å²) in [6.45, 7) is 36.8. The van der Waals surface area contributed by atoms with Crippen molar-refractivity contribution >= 4 is 41.7 Å². The third-order valence-corrected chi connectivity index (χ3v) is 27.5. The first-order valence-electron chi connectivity index (χ1n) is 13.4. The molecule has 0 aliphatic heterocycles. The van der Waals surface area contributed by atoms with Gasteiger partial charge in [0, 0.05) is 5.57 Å². The molecule has 0 unspecified atom stereocenters. The maximum Gasteiger partial charge on any atom is 0.185 e. The summed E-state index contributed by atoms with van der Waals surface area (Å²) in [4.78, 5) is 14.8. The Morgan fingerprint density at radius 3 is 1.43 bits per heavy atom. The Hall–Kier alpha value is -1.24. The highest BCUT2D eigenvalue weighted by Gasteiger charge is 2.56. The molecule has 2 aliphatic rings. The van der Waals surface area contributed by atoms with Crippen molar-refractivity contribution in [2.24, 2.45) is 0 Å². The minimum absolute atomic E-state index is 0.0909. The third-order valence-electron chi connectivity index (χ3n) is 10.5. The Morgan fingerprint density at radius 2 is 0.971 bits per heavy atom.